The first-order valence-electron chi connectivity index (χ1n) is 21.8. The summed E-state index contributed by atoms with van der Waals surface area (Å²) < 4.78 is 3.54. The molecule has 0 bridgehead atoms. The van der Waals surface area contributed by atoms with Crippen LogP contribution in [0, 0.1) is 12.1 Å². The second kappa shape index (κ2) is 17.3. The Morgan fingerprint density at radius 2 is 0.985 bits per heavy atom. The third kappa shape index (κ3) is 6.82. The molecule has 3 nitrogen and oxygen atoms in total. The number of rotatable bonds is 5. The fourth-order valence-corrected chi connectivity index (χ4v) is 10.5. The fraction of sp³-hybridized carbons (Fsp3) is 0.0164. The maximum atomic E-state index is 4.78. The number of aromatic nitrogens is 3. The molecule has 0 aliphatic carbocycles. The molecule has 0 saturated carbocycles. The van der Waals surface area contributed by atoms with Gasteiger partial charge in [-0.25, -0.2) is 0 Å². The Kier molecular flexibility index (Phi) is 10.8. The molecule has 12 aromatic rings. The van der Waals surface area contributed by atoms with Crippen molar-refractivity contribution in [1.29, 1.82) is 0 Å². The van der Waals surface area contributed by atoms with E-state index in [0.717, 1.165) is 43.3 Å². The van der Waals surface area contributed by atoms with Gasteiger partial charge in [-0.3, -0.25) is 0 Å². The Morgan fingerprint density at radius 3 is 1.65 bits per heavy atom. The Hall–Kier alpha value is -7.27. The molecule has 0 unspecified atom stereocenters. The molecule has 5 heteroatoms. The van der Waals surface area contributed by atoms with E-state index < -0.39 is 5.41 Å². The quantitative estimate of drug-likeness (QED) is 0.161. The molecule has 13 rings (SSSR count). The van der Waals surface area contributed by atoms with E-state index in [9.17, 15) is 0 Å². The molecule has 0 N–H and O–H groups in total. The zero-order chi connectivity index (χ0) is 43.3. The van der Waals surface area contributed by atoms with Crippen molar-refractivity contribution in [3.05, 3.63) is 270 Å². The van der Waals surface area contributed by atoms with Crippen molar-refractivity contribution in [2.45, 2.75) is 5.41 Å². The molecule has 9 aromatic carbocycles. The fourth-order valence-electron chi connectivity index (χ4n) is 10.1. The van der Waals surface area contributed by atoms with Gasteiger partial charge in [0.2, 0.25) is 0 Å². The second-order valence-corrected chi connectivity index (χ2v) is 17.4. The molecule has 66 heavy (non-hydrogen) atoms. The Balaban J connectivity index is 0.000000225. The molecule has 0 amide bonds. The summed E-state index contributed by atoms with van der Waals surface area (Å²) in [6, 6.07) is 84.6. The average Bonchev–Trinajstić information content (AvgIpc) is 3.71. The van der Waals surface area contributed by atoms with E-state index in [2.05, 4.69) is 214 Å². The summed E-state index contributed by atoms with van der Waals surface area (Å²) in [5, 5.41) is 7.17. The summed E-state index contributed by atoms with van der Waals surface area (Å²) in [5.41, 5.74) is 14.6. The van der Waals surface area contributed by atoms with Crippen LogP contribution < -0.4 is 0 Å². The van der Waals surface area contributed by atoms with Gasteiger partial charge in [-0.2, -0.15) is 0 Å². The molecule has 1 radical (unpaired) electrons. The van der Waals surface area contributed by atoms with Gasteiger partial charge in [-0.1, -0.05) is 172 Å². The summed E-state index contributed by atoms with van der Waals surface area (Å²) in [4.78, 5) is 9.25. The Labute approximate surface area is 405 Å². The largest absolute Gasteiger partial charge is 0.309 e. The van der Waals surface area contributed by atoms with Gasteiger partial charge in [-0.05, 0) is 91.1 Å². The number of pyridine rings is 2. The predicted molar refractivity (Wildman–Crippen MR) is 271 cm³/mol. The zero-order valence-corrected chi connectivity index (χ0v) is 39.5. The van der Waals surface area contributed by atoms with Crippen molar-refractivity contribution < 1.29 is 20.1 Å². The third-order valence-corrected chi connectivity index (χ3v) is 13.4. The first kappa shape index (κ1) is 41.4. The molecule has 4 heterocycles. The molecule has 0 atom stereocenters. The molecule has 1 aliphatic rings. The van der Waals surface area contributed by atoms with Gasteiger partial charge in [0.1, 0.15) is 0 Å². The van der Waals surface area contributed by atoms with E-state index in [1.165, 1.54) is 66.1 Å². The van der Waals surface area contributed by atoms with Crippen LogP contribution in [0.3, 0.4) is 0 Å². The standard InChI is InChI=1S/C46H29N2.C15H9BrN.Ir/c1-3-16-35(17-4-1)46(36-18-5-2-6-19-36)40-22-9-10-24-43(40)48-42-26-25-33(30-39(42)38-21-12-23-41(46)45(38)48)32-14-11-15-34(29-32)44-37-20-8-7-13-31(37)27-28-47-44;16-13-6-3-5-12(10-13)15-14-7-2-1-4-11(14)8-9-17-15;/h1-14,16-30H;1-4,6-10H;/q2*-1;. The normalized spacial score (nSPS) is 12.3. The first-order valence-corrected chi connectivity index (χ1v) is 22.6. The molecular formula is C61H38BrIrN3-2. The minimum atomic E-state index is -0.471. The molecule has 0 spiro atoms. The van der Waals surface area contributed by atoms with E-state index >= 15 is 0 Å². The maximum Gasteiger partial charge on any atom is 0.0742 e. The topological polar surface area (TPSA) is 30.7 Å². The molecule has 3 aromatic heterocycles. The van der Waals surface area contributed by atoms with Gasteiger partial charge in [0.25, 0.3) is 0 Å². The van der Waals surface area contributed by atoms with E-state index in [0.29, 0.717) is 0 Å². The number of fused-ring (bicyclic) bond motifs is 7. The van der Waals surface area contributed by atoms with Crippen LogP contribution in [0.5, 0.6) is 0 Å². The van der Waals surface area contributed by atoms with Crippen molar-refractivity contribution in [3.8, 4) is 39.3 Å². The number of para-hydroxylation sites is 2. The van der Waals surface area contributed by atoms with Crippen LogP contribution in [-0.4, -0.2) is 14.5 Å². The van der Waals surface area contributed by atoms with Crippen LogP contribution in [0.2, 0.25) is 0 Å². The average molecular weight is 1090 g/mol. The minimum Gasteiger partial charge on any atom is -0.309 e. The number of nitrogens with zero attached hydrogens (tertiary/aromatic N) is 3. The van der Waals surface area contributed by atoms with Crippen LogP contribution >= 0.6 is 15.9 Å². The van der Waals surface area contributed by atoms with Crippen molar-refractivity contribution in [1.82, 2.24) is 14.5 Å². The van der Waals surface area contributed by atoms with Crippen molar-refractivity contribution in [2.24, 2.45) is 0 Å². The minimum absolute atomic E-state index is 0. The van der Waals surface area contributed by atoms with E-state index in [1.807, 2.05) is 54.9 Å². The first-order chi connectivity index (χ1) is 32.2. The van der Waals surface area contributed by atoms with Gasteiger partial charge in [-0.15, -0.1) is 65.2 Å². The maximum absolute atomic E-state index is 4.78. The summed E-state index contributed by atoms with van der Waals surface area (Å²) in [6.45, 7) is 0. The van der Waals surface area contributed by atoms with E-state index in [-0.39, 0.29) is 20.1 Å². The van der Waals surface area contributed by atoms with Crippen molar-refractivity contribution >= 4 is 59.3 Å². The van der Waals surface area contributed by atoms with E-state index in [1.54, 1.807) is 0 Å². The number of benzene rings is 9. The monoisotopic (exact) mass is 1080 g/mol. The molecule has 0 fully saturated rings. The van der Waals surface area contributed by atoms with Crippen molar-refractivity contribution in [2.75, 3.05) is 0 Å². The van der Waals surface area contributed by atoms with Gasteiger partial charge >= 0.3 is 0 Å². The number of hydrogen-bond donors (Lipinski definition) is 0. The molecular weight excluding hydrogens is 1050 g/mol. The van der Waals surface area contributed by atoms with Crippen LogP contribution in [0.25, 0.3) is 82.7 Å². The Bertz CT molecular complexity index is 3700. The van der Waals surface area contributed by atoms with Gasteiger partial charge in [0.15, 0.2) is 0 Å². The van der Waals surface area contributed by atoms with Crippen LogP contribution in [0.15, 0.2) is 235 Å². The molecule has 0 saturated heterocycles. The summed E-state index contributed by atoms with van der Waals surface area (Å²) in [5.74, 6) is 0. The SMILES string of the molecule is Brc1cc[c-]c(-c2nccc3ccccc23)c1.[Ir].[c-]1ccc(-c2ccc3c(c2)c2cccc4c2n3-c2ccccc2C4(c2ccccc2)c2ccccc2)cc1-c1nccc2ccccc12. The smallest absolute Gasteiger partial charge is 0.0742 e. The van der Waals surface area contributed by atoms with Crippen LogP contribution in [0.4, 0.5) is 0 Å². The van der Waals surface area contributed by atoms with Crippen LogP contribution in [0.1, 0.15) is 22.3 Å². The third-order valence-electron chi connectivity index (χ3n) is 12.9. The molecule has 1 aliphatic heterocycles. The Morgan fingerprint density at radius 1 is 0.439 bits per heavy atom. The molecule has 315 valence electrons. The van der Waals surface area contributed by atoms with Crippen LogP contribution in [-0.2, 0) is 25.5 Å². The summed E-state index contributed by atoms with van der Waals surface area (Å²) in [6.07, 6.45) is 3.73. The van der Waals surface area contributed by atoms with Gasteiger partial charge in [0.05, 0.1) is 22.1 Å². The van der Waals surface area contributed by atoms with E-state index in [4.69, 9.17) is 4.98 Å². The number of halogens is 1. The summed E-state index contributed by atoms with van der Waals surface area (Å²) in [7, 11) is 0. The zero-order valence-electron chi connectivity index (χ0n) is 35.5. The number of hydrogen-bond acceptors (Lipinski definition) is 2. The summed E-state index contributed by atoms with van der Waals surface area (Å²) >= 11 is 3.48. The second-order valence-electron chi connectivity index (χ2n) is 16.4. The van der Waals surface area contributed by atoms with Gasteiger partial charge < -0.3 is 14.5 Å². The van der Waals surface area contributed by atoms with Crippen molar-refractivity contribution in [3.63, 3.8) is 0 Å². The predicted octanol–water partition coefficient (Wildman–Crippen LogP) is 15.6. The van der Waals surface area contributed by atoms with Gasteiger partial charge in [0, 0.05) is 43.3 Å².